The van der Waals surface area contributed by atoms with Crippen molar-refractivity contribution in [2.45, 2.75) is 153 Å². The summed E-state index contributed by atoms with van der Waals surface area (Å²) in [5.41, 5.74) is 1.45. The number of nitrogens with zero attached hydrogens (tertiary/aromatic N) is 3. The van der Waals surface area contributed by atoms with Gasteiger partial charge in [-0.1, -0.05) is 83.8 Å². The first-order chi connectivity index (χ1) is 29.1. The van der Waals surface area contributed by atoms with Crippen LogP contribution in [-0.2, 0) is 44.7 Å². The zero-order valence-electron chi connectivity index (χ0n) is 41.2. The molecule has 0 aliphatic carbocycles. The number of rotatable bonds is 23. The maximum Gasteiger partial charge on any atom is 0.311 e. The Kier molecular flexibility index (Phi) is 23.0. The third-order valence-electron chi connectivity index (χ3n) is 11.9. The molecule has 0 radical (unpaired) electrons. The Morgan fingerprint density at radius 1 is 0.810 bits per heavy atom. The van der Waals surface area contributed by atoms with Crippen molar-refractivity contribution in [1.82, 2.24) is 25.3 Å². The normalized spacial score (nSPS) is 16.0. The van der Waals surface area contributed by atoms with Gasteiger partial charge in [0.05, 0.1) is 18.0 Å². The first-order valence-electron chi connectivity index (χ1n) is 22.2. The van der Waals surface area contributed by atoms with Crippen molar-refractivity contribution in [3.05, 3.63) is 58.1 Å². The fourth-order valence-corrected chi connectivity index (χ4v) is 7.18. The molecular weight excluding hydrogens is 822 g/mol. The lowest BCUT2D eigenvalue weighted by atomic mass is 9.84. The molecule has 0 aliphatic rings. The van der Waals surface area contributed by atoms with E-state index < -0.39 is 59.3 Å². The van der Waals surface area contributed by atoms with Gasteiger partial charge in [-0.2, -0.15) is 0 Å². The lowest BCUT2D eigenvalue weighted by Crippen LogP contribution is -2.57. The number of carbonyl (C=O) groups is 7. The van der Waals surface area contributed by atoms with Gasteiger partial charge < -0.3 is 30.1 Å². The van der Waals surface area contributed by atoms with Gasteiger partial charge in [0.15, 0.2) is 5.78 Å². The van der Waals surface area contributed by atoms with Crippen LogP contribution < -0.4 is 10.6 Å². The number of benzene rings is 1. The van der Waals surface area contributed by atoms with Gasteiger partial charge >= 0.3 is 5.97 Å². The fourth-order valence-electron chi connectivity index (χ4n) is 7.05. The second-order valence-corrected chi connectivity index (χ2v) is 19.3. The van der Waals surface area contributed by atoms with Gasteiger partial charge in [-0.05, 0) is 115 Å². The molecule has 0 aliphatic heterocycles. The molecular formula is C49H78ClN5O8. The Hall–Kier alpha value is -4.52. The fraction of sp³-hybridized carbons (Fsp3) is 0.653. The summed E-state index contributed by atoms with van der Waals surface area (Å²) >= 11 is 6.13. The first-order valence-corrected chi connectivity index (χ1v) is 22.6. The number of carbonyl (C=O) groups excluding carboxylic acids is 7. The highest BCUT2D eigenvalue weighted by Crippen LogP contribution is 2.29. The molecule has 5 amide bonds. The molecule has 8 atom stereocenters. The molecule has 0 aromatic heterocycles. The van der Waals surface area contributed by atoms with E-state index in [9.17, 15) is 33.6 Å². The number of esters is 1. The van der Waals surface area contributed by atoms with E-state index in [1.165, 1.54) is 42.6 Å². The van der Waals surface area contributed by atoms with Crippen molar-refractivity contribution in [2.24, 2.45) is 29.1 Å². The van der Waals surface area contributed by atoms with Crippen molar-refractivity contribution in [3.8, 4) is 0 Å². The number of hydrogen-bond donors (Lipinski definition) is 2. The second kappa shape index (κ2) is 25.7. The minimum atomic E-state index is -1.10. The van der Waals surface area contributed by atoms with Crippen LogP contribution in [0, 0.1) is 29.1 Å². The van der Waals surface area contributed by atoms with E-state index in [1.807, 2.05) is 81.4 Å². The monoisotopic (exact) mass is 900 g/mol. The number of halogens is 1. The minimum Gasteiger partial charge on any atom is -0.457 e. The Morgan fingerprint density at radius 3 is 1.87 bits per heavy atom. The van der Waals surface area contributed by atoms with Crippen molar-refractivity contribution in [1.29, 1.82) is 0 Å². The molecule has 0 spiro atoms. The van der Waals surface area contributed by atoms with Crippen LogP contribution in [0.2, 0.25) is 5.02 Å². The minimum absolute atomic E-state index is 0.0162. The average Bonchev–Trinajstić information content (AvgIpc) is 3.22. The molecule has 2 N–H and O–H groups in total. The molecule has 13 nitrogen and oxygen atoms in total. The molecule has 0 bridgehead atoms. The summed E-state index contributed by atoms with van der Waals surface area (Å²) in [7, 11) is 4.50. The molecule has 63 heavy (non-hydrogen) atoms. The molecule has 1 rings (SSSR count). The predicted molar refractivity (Wildman–Crippen MR) is 251 cm³/mol. The molecule has 1 aromatic carbocycles. The van der Waals surface area contributed by atoms with Gasteiger partial charge in [-0.3, -0.25) is 33.6 Å². The van der Waals surface area contributed by atoms with Crippen molar-refractivity contribution < 1.29 is 38.3 Å². The molecule has 0 heterocycles. The van der Waals surface area contributed by atoms with E-state index >= 15 is 0 Å². The van der Waals surface area contributed by atoms with Crippen LogP contribution in [0.5, 0.6) is 0 Å². The van der Waals surface area contributed by atoms with E-state index in [2.05, 4.69) is 17.6 Å². The van der Waals surface area contributed by atoms with Crippen LogP contribution in [0.15, 0.2) is 47.6 Å². The van der Waals surface area contributed by atoms with E-state index in [0.29, 0.717) is 35.4 Å². The van der Waals surface area contributed by atoms with Crippen molar-refractivity contribution >= 4 is 52.9 Å². The number of amides is 5. The van der Waals surface area contributed by atoms with Crippen LogP contribution in [0.1, 0.15) is 122 Å². The summed E-state index contributed by atoms with van der Waals surface area (Å²) in [6.45, 7) is 25.4. The first kappa shape index (κ1) is 56.5. The van der Waals surface area contributed by atoms with Gasteiger partial charge in [0, 0.05) is 38.2 Å². The van der Waals surface area contributed by atoms with Crippen molar-refractivity contribution in [3.63, 3.8) is 0 Å². The molecule has 0 saturated heterocycles. The Morgan fingerprint density at radius 2 is 1.38 bits per heavy atom. The van der Waals surface area contributed by atoms with Gasteiger partial charge in [0.2, 0.25) is 29.5 Å². The summed E-state index contributed by atoms with van der Waals surface area (Å²) in [4.78, 5) is 98.2. The average molecular weight is 901 g/mol. The zero-order valence-corrected chi connectivity index (χ0v) is 41.9. The number of hydrogen-bond acceptors (Lipinski definition) is 8. The maximum absolute atomic E-state index is 14.1. The van der Waals surface area contributed by atoms with E-state index in [0.717, 1.165) is 5.57 Å². The van der Waals surface area contributed by atoms with Gasteiger partial charge in [-0.15, -0.1) is 0 Å². The Balaban J connectivity index is 3.30. The number of ether oxygens (including phenoxy) is 1. The SMILES string of the molecule is C/C=C(\C)C(OC(=O)C(C)(C)C)[C@@H](C)C(C)C/C=C(\C)C(=O)N(C)[C@H](CC(C)C)C(=O)N[C@@H](C)C(=O)N(C)[C@H](Cc1ccc(Cl)cc1)C(=O)N(C)CC(=O)NC(C(C)=O)[C@@H](C)CC. The highest BCUT2D eigenvalue weighted by atomic mass is 35.5. The number of nitrogens with one attached hydrogen (secondary N) is 2. The topological polar surface area (TPSA) is 162 Å². The highest BCUT2D eigenvalue weighted by molar-refractivity contribution is 6.30. The molecule has 1 aromatic rings. The van der Waals surface area contributed by atoms with Crippen LogP contribution in [0.3, 0.4) is 0 Å². The summed E-state index contributed by atoms with van der Waals surface area (Å²) < 4.78 is 5.99. The third kappa shape index (κ3) is 17.5. The standard InChI is InChI=1S/C49H78ClN5O8/c1-18-30(5)42(36(11)56)52-41(57)28-53(15)47(61)40(27-37-22-24-38(50)25-23-37)55(17)46(60)35(10)51-44(58)39(26-29(3)4)54(16)45(59)33(8)21-20-32(7)34(9)43(31(6)19-2)63-48(62)49(12,13)14/h19,21-25,29-30,32,34-35,39-40,42-43H,18,20,26-28H2,1-17H3,(H,51,58)(H,52,57)/b31-19+,33-21+/t30-,32?,34-,35-,39+,40+,42?,43?/m0/s1. The quantitative estimate of drug-likeness (QED) is 0.0663. The number of ketones is 1. The molecule has 3 unspecified atom stereocenters. The Bertz CT molecular complexity index is 1800. The van der Waals surface area contributed by atoms with Crippen LogP contribution in [0.25, 0.3) is 0 Å². The number of likely N-dealkylation sites (N-methyl/N-ethyl adjacent to an activating group) is 3. The summed E-state index contributed by atoms with van der Waals surface area (Å²) in [6, 6.07) is 3.06. The third-order valence-corrected chi connectivity index (χ3v) is 12.2. The van der Waals surface area contributed by atoms with Crippen LogP contribution in [0.4, 0.5) is 0 Å². The van der Waals surface area contributed by atoms with Gasteiger partial charge in [-0.25, -0.2) is 0 Å². The smallest absolute Gasteiger partial charge is 0.311 e. The molecule has 0 saturated carbocycles. The van der Waals surface area contributed by atoms with E-state index in [1.54, 1.807) is 38.2 Å². The summed E-state index contributed by atoms with van der Waals surface area (Å²) in [5.74, 6) is -3.04. The second-order valence-electron chi connectivity index (χ2n) is 18.9. The van der Waals surface area contributed by atoms with Crippen LogP contribution >= 0.6 is 11.6 Å². The van der Waals surface area contributed by atoms with Crippen molar-refractivity contribution in [2.75, 3.05) is 27.7 Å². The number of Topliss-reactive ketones (excluding diaryl/α,β-unsaturated/α-hetero) is 1. The Labute approximate surface area is 383 Å². The van der Waals surface area contributed by atoms with E-state index in [-0.39, 0.29) is 54.3 Å². The molecule has 0 fully saturated rings. The number of allylic oxidation sites excluding steroid dienone is 2. The molecule has 354 valence electrons. The largest absolute Gasteiger partial charge is 0.457 e. The summed E-state index contributed by atoms with van der Waals surface area (Å²) in [5, 5.41) is 6.05. The lowest BCUT2D eigenvalue weighted by molar-refractivity contribution is -0.159. The van der Waals surface area contributed by atoms with E-state index in [4.69, 9.17) is 16.3 Å². The van der Waals surface area contributed by atoms with Crippen LogP contribution in [-0.4, -0.2) is 114 Å². The maximum atomic E-state index is 14.1. The lowest BCUT2D eigenvalue weighted by Gasteiger charge is -2.34. The van der Waals surface area contributed by atoms with Gasteiger partial charge in [0.25, 0.3) is 0 Å². The zero-order chi connectivity index (χ0) is 48.7. The highest BCUT2D eigenvalue weighted by Gasteiger charge is 2.36. The summed E-state index contributed by atoms with van der Waals surface area (Å²) in [6.07, 6.45) is 4.97. The molecule has 14 heteroatoms. The predicted octanol–water partition coefficient (Wildman–Crippen LogP) is 7.20. The van der Waals surface area contributed by atoms with Gasteiger partial charge in [0.1, 0.15) is 24.2 Å².